The van der Waals surface area contributed by atoms with Gasteiger partial charge in [0.1, 0.15) is 11.6 Å². The smallest absolute Gasteiger partial charge is 0.256 e. The minimum Gasteiger partial charge on any atom is -0.357 e. The molecule has 3 aromatic rings. The Kier molecular flexibility index (Phi) is 4.97. The molecule has 4 rings (SSSR count). The number of amides is 1. The van der Waals surface area contributed by atoms with E-state index in [4.69, 9.17) is 11.6 Å². The molecule has 1 heterocycles. The number of hydrogen-bond acceptors (Lipinski definition) is 4. The Morgan fingerprint density at radius 3 is 2.81 bits per heavy atom. The lowest BCUT2D eigenvalue weighted by Crippen LogP contribution is -2.43. The largest absolute Gasteiger partial charge is 0.357 e. The SMILES string of the molecule is O=C(N[C@H]1CCC[C@H]1Nc1nc2ccc(F)cc2s1)c1c(F)cccc1Cl. The number of carbonyl (C=O) groups excluding carboxylic acids is 1. The van der Waals surface area contributed by atoms with Gasteiger partial charge in [-0.15, -0.1) is 0 Å². The molecule has 0 aliphatic heterocycles. The molecule has 4 nitrogen and oxygen atoms in total. The van der Waals surface area contributed by atoms with Gasteiger partial charge in [-0.1, -0.05) is 29.0 Å². The summed E-state index contributed by atoms with van der Waals surface area (Å²) in [6.45, 7) is 0. The Bertz CT molecular complexity index is 990. The molecule has 1 saturated carbocycles. The highest BCUT2D eigenvalue weighted by molar-refractivity contribution is 7.22. The molecule has 1 amide bonds. The van der Waals surface area contributed by atoms with Crippen LogP contribution in [0.25, 0.3) is 10.2 Å². The highest BCUT2D eigenvalue weighted by atomic mass is 35.5. The van der Waals surface area contributed by atoms with E-state index in [0.29, 0.717) is 5.13 Å². The molecule has 8 heteroatoms. The van der Waals surface area contributed by atoms with Crippen LogP contribution in [0.5, 0.6) is 0 Å². The topological polar surface area (TPSA) is 54.0 Å². The highest BCUT2D eigenvalue weighted by Crippen LogP contribution is 2.30. The molecule has 1 aromatic heterocycles. The average molecular weight is 408 g/mol. The van der Waals surface area contributed by atoms with Crippen LogP contribution in [0, 0.1) is 11.6 Å². The van der Waals surface area contributed by atoms with Crippen molar-refractivity contribution in [1.82, 2.24) is 10.3 Å². The number of nitrogens with one attached hydrogen (secondary N) is 2. The van der Waals surface area contributed by atoms with Crippen molar-refractivity contribution in [1.29, 1.82) is 0 Å². The highest BCUT2D eigenvalue weighted by Gasteiger charge is 2.30. The molecule has 1 aliphatic carbocycles. The third-order valence-corrected chi connectivity index (χ3v) is 5.95. The molecule has 0 unspecified atom stereocenters. The minimum atomic E-state index is -0.643. The normalized spacial score (nSPS) is 19.4. The van der Waals surface area contributed by atoms with Gasteiger partial charge < -0.3 is 10.6 Å². The second kappa shape index (κ2) is 7.40. The number of benzene rings is 2. The lowest BCUT2D eigenvalue weighted by Gasteiger charge is -2.22. The van der Waals surface area contributed by atoms with Gasteiger partial charge in [0, 0.05) is 12.1 Å². The molecule has 1 aliphatic rings. The monoisotopic (exact) mass is 407 g/mol. The Balaban J connectivity index is 1.49. The zero-order chi connectivity index (χ0) is 19.0. The van der Waals surface area contributed by atoms with E-state index in [1.807, 2.05) is 0 Å². The van der Waals surface area contributed by atoms with Crippen molar-refractivity contribution in [2.24, 2.45) is 0 Å². The number of nitrogens with zero attached hydrogens (tertiary/aromatic N) is 1. The first-order chi connectivity index (χ1) is 13.0. The first kappa shape index (κ1) is 18.1. The zero-order valence-electron chi connectivity index (χ0n) is 14.1. The summed E-state index contributed by atoms with van der Waals surface area (Å²) in [4.78, 5) is 17.0. The summed E-state index contributed by atoms with van der Waals surface area (Å²) in [6.07, 6.45) is 2.54. The summed E-state index contributed by atoms with van der Waals surface area (Å²) in [5, 5.41) is 6.97. The molecular weight excluding hydrogens is 392 g/mol. The summed E-state index contributed by atoms with van der Waals surface area (Å²) in [5.74, 6) is -1.47. The van der Waals surface area contributed by atoms with Crippen molar-refractivity contribution in [2.45, 2.75) is 31.3 Å². The summed E-state index contributed by atoms with van der Waals surface area (Å²) >= 11 is 7.34. The van der Waals surface area contributed by atoms with Gasteiger partial charge in [0.25, 0.3) is 5.91 Å². The van der Waals surface area contributed by atoms with E-state index in [-0.39, 0.29) is 28.5 Å². The molecule has 1 fully saturated rings. The van der Waals surface area contributed by atoms with Crippen LogP contribution in [0.15, 0.2) is 36.4 Å². The van der Waals surface area contributed by atoms with E-state index in [1.54, 1.807) is 6.07 Å². The quantitative estimate of drug-likeness (QED) is 0.640. The van der Waals surface area contributed by atoms with Crippen LogP contribution in [-0.2, 0) is 0 Å². The lowest BCUT2D eigenvalue weighted by atomic mass is 10.1. The maximum absolute atomic E-state index is 14.0. The second-order valence-corrected chi connectivity index (χ2v) is 7.93. The first-order valence-corrected chi connectivity index (χ1v) is 9.78. The van der Waals surface area contributed by atoms with Crippen molar-refractivity contribution in [2.75, 3.05) is 5.32 Å². The molecule has 27 heavy (non-hydrogen) atoms. The predicted molar refractivity (Wildman–Crippen MR) is 104 cm³/mol. The fourth-order valence-electron chi connectivity index (χ4n) is 3.38. The summed E-state index contributed by atoms with van der Waals surface area (Å²) < 4.78 is 28.1. The first-order valence-electron chi connectivity index (χ1n) is 8.59. The van der Waals surface area contributed by atoms with Gasteiger partial charge in [-0.2, -0.15) is 0 Å². The Hall–Kier alpha value is -2.25. The molecule has 2 aromatic carbocycles. The van der Waals surface area contributed by atoms with E-state index in [0.717, 1.165) is 29.5 Å². The average Bonchev–Trinajstić information content (AvgIpc) is 3.21. The van der Waals surface area contributed by atoms with E-state index >= 15 is 0 Å². The van der Waals surface area contributed by atoms with Gasteiger partial charge in [-0.05, 0) is 49.6 Å². The van der Waals surface area contributed by atoms with Gasteiger partial charge in [0.2, 0.25) is 0 Å². The maximum atomic E-state index is 14.0. The third-order valence-electron chi connectivity index (χ3n) is 4.68. The van der Waals surface area contributed by atoms with Crippen LogP contribution < -0.4 is 10.6 Å². The van der Waals surface area contributed by atoms with Gasteiger partial charge in [0.05, 0.1) is 20.8 Å². The van der Waals surface area contributed by atoms with Gasteiger partial charge in [-0.3, -0.25) is 4.79 Å². The molecule has 0 radical (unpaired) electrons. The maximum Gasteiger partial charge on any atom is 0.256 e. The Morgan fingerprint density at radius 2 is 2.00 bits per heavy atom. The third kappa shape index (κ3) is 3.75. The number of hydrogen-bond donors (Lipinski definition) is 2. The van der Waals surface area contributed by atoms with Crippen LogP contribution in [-0.4, -0.2) is 23.0 Å². The fraction of sp³-hybridized carbons (Fsp3) is 0.263. The van der Waals surface area contributed by atoms with Crippen molar-refractivity contribution in [3.05, 3.63) is 58.6 Å². The van der Waals surface area contributed by atoms with Crippen molar-refractivity contribution < 1.29 is 13.6 Å². The van der Waals surface area contributed by atoms with E-state index in [9.17, 15) is 13.6 Å². The van der Waals surface area contributed by atoms with E-state index in [2.05, 4.69) is 15.6 Å². The summed E-state index contributed by atoms with van der Waals surface area (Å²) in [6, 6.07) is 8.43. The van der Waals surface area contributed by atoms with Crippen LogP contribution in [0.4, 0.5) is 13.9 Å². The van der Waals surface area contributed by atoms with Crippen molar-refractivity contribution in [3.8, 4) is 0 Å². The van der Waals surface area contributed by atoms with Crippen LogP contribution in [0.2, 0.25) is 5.02 Å². The van der Waals surface area contributed by atoms with E-state index < -0.39 is 11.7 Å². The number of fused-ring (bicyclic) bond motifs is 1. The Morgan fingerprint density at radius 1 is 1.19 bits per heavy atom. The van der Waals surface area contributed by atoms with Crippen LogP contribution in [0.3, 0.4) is 0 Å². The number of halogens is 3. The fourth-order valence-corrected chi connectivity index (χ4v) is 4.58. The number of anilines is 1. The second-order valence-electron chi connectivity index (χ2n) is 6.49. The molecule has 0 spiro atoms. The van der Waals surface area contributed by atoms with Gasteiger partial charge in [-0.25, -0.2) is 13.8 Å². The van der Waals surface area contributed by atoms with Crippen molar-refractivity contribution >= 4 is 44.2 Å². The van der Waals surface area contributed by atoms with Gasteiger partial charge in [0.15, 0.2) is 5.13 Å². The molecule has 0 saturated heterocycles. The lowest BCUT2D eigenvalue weighted by molar-refractivity contribution is 0.0932. The number of thiazole rings is 1. The number of rotatable bonds is 4. The number of carbonyl (C=O) groups is 1. The number of aromatic nitrogens is 1. The molecule has 2 atom stereocenters. The molecule has 140 valence electrons. The standard InChI is InChI=1S/C19H16ClF2N3OS/c20-11-3-1-4-12(22)17(11)18(26)23-13-5-2-6-14(13)24-19-25-15-8-7-10(21)9-16(15)27-19/h1,3-4,7-9,13-14H,2,5-6H2,(H,23,26)(H,24,25)/t13-,14+/m0/s1. The molecular formula is C19H16ClF2N3OS. The van der Waals surface area contributed by atoms with Gasteiger partial charge >= 0.3 is 0 Å². The zero-order valence-corrected chi connectivity index (χ0v) is 15.7. The minimum absolute atomic E-state index is 0.0371. The van der Waals surface area contributed by atoms with E-state index in [1.165, 1.54) is 41.7 Å². The van der Waals surface area contributed by atoms with Crippen LogP contribution >= 0.6 is 22.9 Å². The predicted octanol–water partition coefficient (Wildman–Crippen LogP) is 4.99. The molecule has 2 N–H and O–H groups in total. The Labute approximate surface area is 163 Å². The molecule has 0 bridgehead atoms. The summed E-state index contributed by atoms with van der Waals surface area (Å²) in [7, 11) is 0. The van der Waals surface area contributed by atoms with Crippen LogP contribution in [0.1, 0.15) is 29.6 Å². The summed E-state index contributed by atoms with van der Waals surface area (Å²) in [5.41, 5.74) is 0.584. The van der Waals surface area contributed by atoms with Crippen molar-refractivity contribution in [3.63, 3.8) is 0 Å².